The van der Waals surface area contributed by atoms with Gasteiger partial charge in [0.2, 0.25) is 0 Å². The van der Waals surface area contributed by atoms with Crippen molar-refractivity contribution in [2.24, 2.45) is 5.10 Å². The summed E-state index contributed by atoms with van der Waals surface area (Å²) in [6.45, 7) is 2.80. The lowest BCUT2D eigenvalue weighted by Crippen LogP contribution is -2.18. The molecule has 0 heterocycles. The van der Waals surface area contributed by atoms with Gasteiger partial charge in [0.25, 0.3) is 5.91 Å². The van der Waals surface area contributed by atoms with Crippen molar-refractivity contribution in [3.63, 3.8) is 0 Å². The number of hydrazone groups is 1. The molecule has 0 aliphatic heterocycles. The molecule has 30 heavy (non-hydrogen) atoms. The normalized spacial score (nSPS) is 10.8. The molecule has 3 rings (SSSR count). The van der Waals surface area contributed by atoms with E-state index in [0.29, 0.717) is 39.8 Å². The standard InChI is InChI=1S/C23H20BrClN2O3/c1-2-29-22-13-17(14-26-27-23(28)19-5-3-4-6-20(19)24)9-12-21(22)30-15-16-7-10-18(25)11-8-16/h3-14H,2,15H2,1H3,(H,27,28). The molecule has 5 nitrogen and oxygen atoms in total. The van der Waals surface area contributed by atoms with Crippen molar-refractivity contribution < 1.29 is 14.3 Å². The lowest BCUT2D eigenvalue weighted by molar-refractivity contribution is 0.0954. The fourth-order valence-corrected chi connectivity index (χ4v) is 3.20. The summed E-state index contributed by atoms with van der Waals surface area (Å²) in [4.78, 5) is 12.2. The van der Waals surface area contributed by atoms with Gasteiger partial charge >= 0.3 is 0 Å². The molecular formula is C23H20BrClN2O3. The summed E-state index contributed by atoms with van der Waals surface area (Å²) in [5.74, 6) is 0.931. The Morgan fingerprint density at radius 1 is 1.07 bits per heavy atom. The molecule has 0 fully saturated rings. The molecule has 0 bridgehead atoms. The topological polar surface area (TPSA) is 59.9 Å². The molecule has 0 atom stereocenters. The summed E-state index contributed by atoms with van der Waals surface area (Å²) in [5, 5.41) is 4.72. The molecule has 0 aromatic heterocycles. The van der Waals surface area contributed by atoms with E-state index in [1.165, 1.54) is 0 Å². The lowest BCUT2D eigenvalue weighted by Gasteiger charge is -2.12. The smallest absolute Gasteiger partial charge is 0.272 e. The largest absolute Gasteiger partial charge is 0.490 e. The predicted octanol–water partition coefficient (Wildman–Crippen LogP) is 5.84. The van der Waals surface area contributed by atoms with Crippen molar-refractivity contribution in [3.05, 3.63) is 92.9 Å². The second kappa shape index (κ2) is 10.8. The Hall–Kier alpha value is -2.83. The number of hydrogen-bond donors (Lipinski definition) is 1. The monoisotopic (exact) mass is 486 g/mol. The molecule has 0 spiro atoms. The van der Waals surface area contributed by atoms with Crippen LogP contribution >= 0.6 is 27.5 Å². The van der Waals surface area contributed by atoms with Crippen molar-refractivity contribution in [1.82, 2.24) is 5.43 Å². The van der Waals surface area contributed by atoms with Crippen molar-refractivity contribution in [3.8, 4) is 11.5 Å². The highest BCUT2D eigenvalue weighted by Gasteiger charge is 2.09. The Morgan fingerprint density at radius 2 is 1.83 bits per heavy atom. The maximum absolute atomic E-state index is 12.2. The second-order valence-corrected chi connectivity index (χ2v) is 7.52. The highest BCUT2D eigenvalue weighted by molar-refractivity contribution is 9.10. The first-order valence-corrected chi connectivity index (χ1v) is 10.5. The van der Waals surface area contributed by atoms with E-state index in [1.54, 1.807) is 24.4 Å². The highest BCUT2D eigenvalue weighted by atomic mass is 79.9. The zero-order chi connectivity index (χ0) is 21.3. The zero-order valence-corrected chi connectivity index (χ0v) is 18.6. The van der Waals surface area contributed by atoms with Gasteiger partial charge in [0, 0.05) is 9.50 Å². The van der Waals surface area contributed by atoms with Gasteiger partial charge in [-0.3, -0.25) is 4.79 Å². The molecule has 3 aromatic rings. The number of benzene rings is 3. The molecule has 0 saturated heterocycles. The number of halogens is 2. The summed E-state index contributed by atoms with van der Waals surface area (Å²) in [6.07, 6.45) is 1.56. The number of ether oxygens (including phenoxy) is 2. The number of hydrogen-bond acceptors (Lipinski definition) is 4. The molecule has 7 heteroatoms. The second-order valence-electron chi connectivity index (χ2n) is 6.23. The fraction of sp³-hybridized carbons (Fsp3) is 0.130. The lowest BCUT2D eigenvalue weighted by atomic mass is 10.2. The Morgan fingerprint density at radius 3 is 2.57 bits per heavy atom. The average molecular weight is 488 g/mol. The van der Waals surface area contributed by atoms with Gasteiger partial charge < -0.3 is 9.47 Å². The van der Waals surface area contributed by atoms with Crippen LogP contribution in [0.1, 0.15) is 28.4 Å². The highest BCUT2D eigenvalue weighted by Crippen LogP contribution is 2.29. The van der Waals surface area contributed by atoms with E-state index in [1.807, 2.05) is 55.5 Å². The van der Waals surface area contributed by atoms with E-state index in [4.69, 9.17) is 21.1 Å². The predicted molar refractivity (Wildman–Crippen MR) is 123 cm³/mol. The number of carbonyl (C=O) groups excluding carboxylic acids is 1. The molecule has 0 aliphatic carbocycles. The number of rotatable bonds is 8. The van der Waals surface area contributed by atoms with E-state index in [0.717, 1.165) is 11.1 Å². The molecule has 1 N–H and O–H groups in total. The maximum Gasteiger partial charge on any atom is 0.272 e. The van der Waals surface area contributed by atoms with Crippen molar-refractivity contribution in [2.75, 3.05) is 6.61 Å². The minimum atomic E-state index is -0.299. The number of nitrogens with zero attached hydrogens (tertiary/aromatic N) is 1. The third-order valence-corrected chi connectivity index (χ3v) is 5.02. The molecular weight excluding hydrogens is 468 g/mol. The van der Waals surface area contributed by atoms with Gasteiger partial charge in [-0.15, -0.1) is 0 Å². The van der Waals surface area contributed by atoms with Crippen LogP contribution in [0.5, 0.6) is 11.5 Å². The molecule has 1 amide bonds. The van der Waals surface area contributed by atoms with Crippen LogP contribution < -0.4 is 14.9 Å². The Kier molecular flexibility index (Phi) is 7.88. The molecule has 154 valence electrons. The van der Waals surface area contributed by atoms with Crippen LogP contribution in [0, 0.1) is 0 Å². The number of amides is 1. The van der Waals surface area contributed by atoms with E-state index < -0.39 is 0 Å². The van der Waals surface area contributed by atoms with Gasteiger partial charge in [-0.1, -0.05) is 35.9 Å². The van der Waals surface area contributed by atoms with Crippen LogP contribution in [-0.2, 0) is 6.61 Å². The average Bonchev–Trinajstić information content (AvgIpc) is 2.75. The van der Waals surface area contributed by atoms with Crippen LogP contribution in [-0.4, -0.2) is 18.7 Å². The summed E-state index contributed by atoms with van der Waals surface area (Å²) >= 11 is 9.27. The third kappa shape index (κ3) is 6.08. The first kappa shape index (κ1) is 21.9. The molecule has 0 radical (unpaired) electrons. The van der Waals surface area contributed by atoms with Gasteiger partial charge in [-0.25, -0.2) is 5.43 Å². The summed E-state index contributed by atoms with van der Waals surface area (Å²) in [5.41, 5.74) is 4.80. The number of carbonyl (C=O) groups is 1. The summed E-state index contributed by atoms with van der Waals surface area (Å²) in [6, 6.07) is 20.1. The number of nitrogens with one attached hydrogen (secondary N) is 1. The zero-order valence-electron chi connectivity index (χ0n) is 16.3. The van der Waals surface area contributed by atoms with Crippen molar-refractivity contribution in [2.45, 2.75) is 13.5 Å². The van der Waals surface area contributed by atoms with Gasteiger partial charge in [-0.2, -0.15) is 5.10 Å². The fourth-order valence-electron chi connectivity index (χ4n) is 2.61. The van der Waals surface area contributed by atoms with E-state index in [2.05, 4.69) is 26.5 Å². The van der Waals surface area contributed by atoms with Crippen LogP contribution in [0.3, 0.4) is 0 Å². The van der Waals surface area contributed by atoms with E-state index >= 15 is 0 Å². The minimum Gasteiger partial charge on any atom is -0.490 e. The third-order valence-electron chi connectivity index (χ3n) is 4.07. The Balaban J connectivity index is 1.66. The van der Waals surface area contributed by atoms with Gasteiger partial charge in [0.05, 0.1) is 18.4 Å². The first-order chi connectivity index (χ1) is 14.6. The quantitative estimate of drug-likeness (QED) is 0.320. The van der Waals surface area contributed by atoms with Crippen LogP contribution in [0.4, 0.5) is 0 Å². The van der Waals surface area contributed by atoms with Crippen LogP contribution in [0.15, 0.2) is 76.3 Å². The molecule has 0 saturated carbocycles. The summed E-state index contributed by atoms with van der Waals surface area (Å²) in [7, 11) is 0. The Labute approximate surface area is 188 Å². The Bertz CT molecular complexity index is 1040. The maximum atomic E-state index is 12.2. The van der Waals surface area contributed by atoms with Gasteiger partial charge in [-0.05, 0) is 76.4 Å². The van der Waals surface area contributed by atoms with Crippen LogP contribution in [0.25, 0.3) is 0 Å². The molecule has 0 aliphatic rings. The molecule has 3 aromatic carbocycles. The van der Waals surface area contributed by atoms with Crippen LogP contribution in [0.2, 0.25) is 5.02 Å². The van der Waals surface area contributed by atoms with E-state index in [9.17, 15) is 4.79 Å². The van der Waals surface area contributed by atoms with Crippen molar-refractivity contribution >= 4 is 39.7 Å². The summed E-state index contributed by atoms with van der Waals surface area (Å²) < 4.78 is 12.3. The first-order valence-electron chi connectivity index (χ1n) is 9.29. The van der Waals surface area contributed by atoms with E-state index in [-0.39, 0.29) is 5.91 Å². The molecule has 0 unspecified atom stereocenters. The van der Waals surface area contributed by atoms with Gasteiger partial charge in [0.1, 0.15) is 6.61 Å². The van der Waals surface area contributed by atoms with Gasteiger partial charge in [0.15, 0.2) is 11.5 Å². The SMILES string of the molecule is CCOc1cc(C=NNC(=O)c2ccccc2Br)ccc1OCc1ccc(Cl)cc1. The van der Waals surface area contributed by atoms with Crippen molar-refractivity contribution in [1.29, 1.82) is 0 Å². The minimum absolute atomic E-state index is 0.299.